The molecule has 0 unspecified atom stereocenters. The molecule has 2 aromatic rings. The Morgan fingerprint density at radius 3 is 2.61 bits per heavy atom. The molecule has 0 saturated heterocycles. The summed E-state index contributed by atoms with van der Waals surface area (Å²) in [6, 6.07) is 15.3. The van der Waals surface area contributed by atoms with Crippen LogP contribution in [0.4, 0.5) is 5.69 Å². The van der Waals surface area contributed by atoms with Gasteiger partial charge in [0, 0.05) is 11.2 Å². The highest BCUT2D eigenvalue weighted by atomic mass is 35.5. The van der Waals surface area contributed by atoms with Crippen molar-refractivity contribution in [3.63, 3.8) is 0 Å². The highest BCUT2D eigenvalue weighted by Gasteiger charge is 1.93. The van der Waals surface area contributed by atoms with Gasteiger partial charge in [-0.1, -0.05) is 17.7 Å². The van der Waals surface area contributed by atoms with Gasteiger partial charge in [-0.2, -0.15) is 0 Å². The van der Waals surface area contributed by atoms with Gasteiger partial charge in [0.1, 0.15) is 5.75 Å². The fourth-order valence-corrected chi connectivity index (χ4v) is 1.71. The number of nitrogens with zero attached hydrogens (tertiary/aromatic N) is 1. The summed E-state index contributed by atoms with van der Waals surface area (Å²) < 4.78 is 5.38. The van der Waals surface area contributed by atoms with Gasteiger partial charge < -0.3 is 4.74 Å². The molecule has 2 rings (SSSR count). The number of rotatable bonds is 4. The topological polar surface area (TPSA) is 21.6 Å². The Morgan fingerprint density at radius 1 is 1.17 bits per heavy atom. The molecule has 0 fully saturated rings. The maximum absolute atomic E-state index is 5.89. The van der Waals surface area contributed by atoms with Gasteiger partial charge in [0.2, 0.25) is 0 Å². The van der Waals surface area contributed by atoms with Crippen molar-refractivity contribution in [2.24, 2.45) is 4.99 Å². The second kappa shape index (κ2) is 6.22. The van der Waals surface area contributed by atoms with Gasteiger partial charge in [-0.25, -0.2) is 0 Å². The molecule has 2 aromatic carbocycles. The lowest BCUT2D eigenvalue weighted by molar-refractivity contribution is 0.340. The Bertz CT molecular complexity index is 534. The molecule has 0 spiro atoms. The molecule has 3 heteroatoms. The second-order valence-electron chi connectivity index (χ2n) is 3.74. The van der Waals surface area contributed by atoms with Gasteiger partial charge in [0.15, 0.2) is 0 Å². The lowest BCUT2D eigenvalue weighted by atomic mass is 10.2. The Hall–Kier alpha value is -1.80. The van der Waals surface area contributed by atoms with Gasteiger partial charge in [-0.15, -0.1) is 0 Å². The van der Waals surface area contributed by atoms with Crippen LogP contribution in [0, 0.1) is 0 Å². The largest absolute Gasteiger partial charge is 0.494 e. The van der Waals surface area contributed by atoms with Crippen LogP contribution in [-0.2, 0) is 0 Å². The molecule has 0 aliphatic carbocycles. The molecule has 0 bridgehead atoms. The predicted octanol–water partition coefficient (Wildman–Crippen LogP) is 4.49. The van der Waals surface area contributed by atoms with Crippen molar-refractivity contribution in [1.82, 2.24) is 0 Å². The summed E-state index contributed by atoms with van der Waals surface area (Å²) in [5, 5.41) is 0.691. The third-order valence-electron chi connectivity index (χ3n) is 2.36. The van der Waals surface area contributed by atoms with Crippen LogP contribution in [-0.4, -0.2) is 12.8 Å². The Kier molecular flexibility index (Phi) is 4.37. The SMILES string of the molecule is CCOc1ccc(C=Nc2cccc(Cl)c2)cc1. The monoisotopic (exact) mass is 259 g/mol. The van der Waals surface area contributed by atoms with E-state index >= 15 is 0 Å². The van der Waals surface area contributed by atoms with E-state index in [9.17, 15) is 0 Å². The molecule has 2 nitrogen and oxygen atoms in total. The molecule has 0 N–H and O–H groups in total. The van der Waals surface area contributed by atoms with E-state index in [4.69, 9.17) is 16.3 Å². The standard InChI is InChI=1S/C15H14ClNO/c1-2-18-15-8-6-12(7-9-15)11-17-14-5-3-4-13(16)10-14/h3-11H,2H2,1H3. The zero-order chi connectivity index (χ0) is 12.8. The molecule has 0 aliphatic heterocycles. The van der Waals surface area contributed by atoms with Crippen molar-refractivity contribution in [2.45, 2.75) is 6.92 Å². The Morgan fingerprint density at radius 2 is 1.94 bits per heavy atom. The van der Waals surface area contributed by atoms with Crippen LogP contribution in [0.15, 0.2) is 53.5 Å². The van der Waals surface area contributed by atoms with Crippen molar-refractivity contribution in [3.8, 4) is 5.75 Å². The van der Waals surface area contributed by atoms with Gasteiger partial charge in [-0.3, -0.25) is 4.99 Å². The number of hydrogen-bond acceptors (Lipinski definition) is 2. The third-order valence-corrected chi connectivity index (χ3v) is 2.60. The molecule has 0 saturated carbocycles. The summed E-state index contributed by atoms with van der Waals surface area (Å²) in [6.07, 6.45) is 1.81. The molecule has 0 heterocycles. The lowest BCUT2D eigenvalue weighted by Gasteiger charge is -2.02. The van der Waals surface area contributed by atoms with E-state index in [-0.39, 0.29) is 0 Å². The second-order valence-corrected chi connectivity index (χ2v) is 4.18. The Labute approximate surface area is 112 Å². The normalized spacial score (nSPS) is 10.8. The smallest absolute Gasteiger partial charge is 0.119 e. The van der Waals surface area contributed by atoms with E-state index in [0.29, 0.717) is 11.6 Å². The van der Waals surface area contributed by atoms with Crippen LogP contribution < -0.4 is 4.74 Å². The van der Waals surface area contributed by atoms with Gasteiger partial charge >= 0.3 is 0 Å². The first-order chi connectivity index (χ1) is 8.78. The minimum absolute atomic E-state index is 0.677. The van der Waals surface area contributed by atoms with Crippen molar-refractivity contribution in [1.29, 1.82) is 0 Å². The predicted molar refractivity (Wildman–Crippen MR) is 76.3 cm³/mol. The Balaban J connectivity index is 2.09. The van der Waals surface area contributed by atoms with E-state index in [1.165, 1.54) is 0 Å². The molecule has 18 heavy (non-hydrogen) atoms. The van der Waals surface area contributed by atoms with Crippen LogP contribution >= 0.6 is 11.6 Å². The fourth-order valence-electron chi connectivity index (χ4n) is 1.52. The summed E-state index contributed by atoms with van der Waals surface area (Å²) in [4.78, 5) is 4.36. The number of halogens is 1. The zero-order valence-electron chi connectivity index (χ0n) is 10.1. The third kappa shape index (κ3) is 3.60. The van der Waals surface area contributed by atoms with Gasteiger partial charge in [0.05, 0.1) is 12.3 Å². The van der Waals surface area contributed by atoms with E-state index < -0.39 is 0 Å². The van der Waals surface area contributed by atoms with Crippen LogP contribution in [0.25, 0.3) is 0 Å². The number of ether oxygens (including phenoxy) is 1. The quantitative estimate of drug-likeness (QED) is 0.742. The maximum atomic E-state index is 5.89. The maximum Gasteiger partial charge on any atom is 0.119 e. The summed E-state index contributed by atoms with van der Waals surface area (Å²) in [7, 11) is 0. The number of hydrogen-bond donors (Lipinski definition) is 0. The van der Waals surface area contributed by atoms with Crippen molar-refractivity contribution >= 4 is 23.5 Å². The average Bonchev–Trinajstić information content (AvgIpc) is 2.38. The molecule has 0 atom stereocenters. The molecule has 92 valence electrons. The van der Waals surface area contributed by atoms with Crippen LogP contribution in [0.5, 0.6) is 5.75 Å². The minimum atomic E-state index is 0.677. The first kappa shape index (κ1) is 12.7. The van der Waals surface area contributed by atoms with Crippen LogP contribution in [0.2, 0.25) is 5.02 Å². The highest BCUT2D eigenvalue weighted by molar-refractivity contribution is 6.30. The van der Waals surface area contributed by atoms with E-state index in [2.05, 4.69) is 4.99 Å². The fraction of sp³-hybridized carbons (Fsp3) is 0.133. The van der Waals surface area contributed by atoms with Crippen molar-refractivity contribution in [2.75, 3.05) is 6.61 Å². The summed E-state index contributed by atoms with van der Waals surface area (Å²) in [6.45, 7) is 2.64. The molecule has 0 amide bonds. The molecule has 0 aliphatic rings. The molecule has 0 radical (unpaired) electrons. The molecule has 0 aromatic heterocycles. The van der Waals surface area contributed by atoms with Crippen molar-refractivity contribution in [3.05, 3.63) is 59.1 Å². The van der Waals surface area contributed by atoms with Gasteiger partial charge in [-0.05, 0) is 55.0 Å². The number of benzene rings is 2. The molecular weight excluding hydrogens is 246 g/mol. The summed E-state index contributed by atoms with van der Waals surface area (Å²) in [5.74, 6) is 0.873. The first-order valence-electron chi connectivity index (χ1n) is 5.80. The van der Waals surface area contributed by atoms with Crippen LogP contribution in [0.3, 0.4) is 0 Å². The lowest BCUT2D eigenvalue weighted by Crippen LogP contribution is -1.91. The van der Waals surface area contributed by atoms with E-state index in [0.717, 1.165) is 17.0 Å². The van der Waals surface area contributed by atoms with E-state index in [1.54, 1.807) is 6.21 Å². The summed E-state index contributed by atoms with van der Waals surface area (Å²) >= 11 is 5.89. The van der Waals surface area contributed by atoms with Crippen molar-refractivity contribution < 1.29 is 4.74 Å². The minimum Gasteiger partial charge on any atom is -0.494 e. The van der Waals surface area contributed by atoms with Gasteiger partial charge in [0.25, 0.3) is 0 Å². The summed E-state index contributed by atoms with van der Waals surface area (Å²) in [5.41, 5.74) is 1.87. The zero-order valence-corrected chi connectivity index (χ0v) is 10.9. The van der Waals surface area contributed by atoms with Crippen LogP contribution in [0.1, 0.15) is 12.5 Å². The number of aliphatic imine (C=N–C) groups is 1. The molecular formula is C15H14ClNO. The highest BCUT2D eigenvalue weighted by Crippen LogP contribution is 2.18. The average molecular weight is 260 g/mol. The van der Waals surface area contributed by atoms with E-state index in [1.807, 2.05) is 55.5 Å². The first-order valence-corrected chi connectivity index (χ1v) is 6.18.